The van der Waals surface area contributed by atoms with Crippen LogP contribution in [0.1, 0.15) is 44.2 Å². The summed E-state index contributed by atoms with van der Waals surface area (Å²) in [5.41, 5.74) is 2.13. The van der Waals surface area contributed by atoms with Gasteiger partial charge in [0.15, 0.2) is 0 Å². The van der Waals surface area contributed by atoms with Crippen LogP contribution >= 0.6 is 0 Å². The van der Waals surface area contributed by atoms with E-state index in [0.717, 1.165) is 11.3 Å². The van der Waals surface area contributed by atoms with Crippen LogP contribution in [0.5, 0.6) is 5.75 Å². The van der Waals surface area contributed by atoms with Gasteiger partial charge >= 0.3 is 5.97 Å². The average molecular weight is 276 g/mol. The largest absolute Gasteiger partial charge is 0.496 e. The van der Waals surface area contributed by atoms with Gasteiger partial charge in [-0.05, 0) is 42.2 Å². The third-order valence-electron chi connectivity index (χ3n) is 5.25. The lowest BCUT2D eigenvalue weighted by molar-refractivity contribution is -0.145. The first-order chi connectivity index (χ1) is 9.28. The summed E-state index contributed by atoms with van der Waals surface area (Å²) in [5.74, 6) is 0.429. The van der Waals surface area contributed by atoms with Crippen molar-refractivity contribution in [2.45, 2.75) is 40.0 Å². The minimum absolute atomic E-state index is 0.203. The van der Waals surface area contributed by atoms with Crippen LogP contribution in [-0.2, 0) is 4.79 Å². The van der Waals surface area contributed by atoms with E-state index in [0.29, 0.717) is 12.3 Å². The average Bonchev–Trinajstić information content (AvgIpc) is 2.61. The number of ether oxygens (including phenoxy) is 1. The van der Waals surface area contributed by atoms with Crippen molar-refractivity contribution in [1.29, 1.82) is 0 Å². The normalized spacial score (nSPS) is 28.4. The zero-order chi connectivity index (χ0) is 15.1. The molecular weight excluding hydrogens is 252 g/mol. The Labute approximate surface area is 121 Å². The lowest BCUT2D eigenvalue weighted by Gasteiger charge is -2.30. The highest BCUT2D eigenvalue weighted by Gasteiger charge is 2.50. The first kappa shape index (κ1) is 14.9. The van der Waals surface area contributed by atoms with Crippen molar-refractivity contribution >= 4 is 5.97 Å². The Morgan fingerprint density at radius 2 is 2.05 bits per heavy atom. The van der Waals surface area contributed by atoms with E-state index in [1.165, 1.54) is 5.56 Å². The molecule has 1 aliphatic carbocycles. The smallest absolute Gasteiger partial charge is 0.307 e. The summed E-state index contributed by atoms with van der Waals surface area (Å²) in [6.07, 6.45) is 0.684. The van der Waals surface area contributed by atoms with Gasteiger partial charge in [-0.2, -0.15) is 0 Å². The molecule has 0 heterocycles. The molecule has 0 bridgehead atoms. The van der Waals surface area contributed by atoms with Crippen molar-refractivity contribution in [2.75, 3.05) is 7.11 Å². The number of methoxy groups -OCH3 is 1. The molecule has 0 saturated heterocycles. The van der Waals surface area contributed by atoms with Gasteiger partial charge in [0, 0.05) is 0 Å². The molecule has 110 valence electrons. The molecule has 0 spiro atoms. The summed E-state index contributed by atoms with van der Waals surface area (Å²) in [6, 6.07) is 6.15. The molecule has 3 nitrogen and oxygen atoms in total. The van der Waals surface area contributed by atoms with Crippen molar-refractivity contribution in [1.82, 2.24) is 0 Å². The number of hydrogen-bond acceptors (Lipinski definition) is 2. The standard InChI is InChI=1S/C17H24O3/c1-10-6-7-15(20-5)13(8-10)12-9-14(16(18)19)17(3,4)11(12)2/h6-8,11-12,14H,9H2,1-5H3,(H,18,19)/t11-,12+,14-/m1/s1. The van der Waals surface area contributed by atoms with Gasteiger partial charge in [-0.25, -0.2) is 0 Å². The van der Waals surface area contributed by atoms with E-state index in [1.54, 1.807) is 7.11 Å². The number of benzene rings is 1. The first-order valence-electron chi connectivity index (χ1n) is 7.16. The Kier molecular flexibility index (Phi) is 3.81. The molecular formula is C17H24O3. The highest BCUT2D eigenvalue weighted by atomic mass is 16.5. The SMILES string of the molecule is COc1ccc(C)cc1[C@H]1C[C@H](C(=O)O)C(C)(C)[C@@H]1C. The Bertz CT molecular complexity index is 519. The van der Waals surface area contributed by atoms with E-state index in [-0.39, 0.29) is 17.3 Å². The molecule has 1 N–H and O–H groups in total. The molecule has 0 unspecified atom stereocenters. The van der Waals surface area contributed by atoms with Crippen LogP contribution in [0, 0.1) is 24.2 Å². The minimum atomic E-state index is -0.684. The molecule has 1 fully saturated rings. The molecule has 3 atom stereocenters. The van der Waals surface area contributed by atoms with Crippen molar-refractivity contribution in [3.63, 3.8) is 0 Å². The van der Waals surface area contributed by atoms with Crippen LogP contribution in [0.25, 0.3) is 0 Å². The summed E-state index contributed by atoms with van der Waals surface area (Å²) in [5, 5.41) is 9.48. The zero-order valence-electron chi connectivity index (χ0n) is 12.9. The van der Waals surface area contributed by atoms with Crippen molar-refractivity contribution in [3.05, 3.63) is 29.3 Å². The second-order valence-electron chi connectivity index (χ2n) is 6.59. The lowest BCUT2D eigenvalue weighted by atomic mass is 9.74. The van der Waals surface area contributed by atoms with Gasteiger partial charge in [-0.15, -0.1) is 0 Å². The van der Waals surface area contributed by atoms with Gasteiger partial charge in [-0.1, -0.05) is 38.5 Å². The van der Waals surface area contributed by atoms with Gasteiger partial charge in [0.2, 0.25) is 0 Å². The Hall–Kier alpha value is -1.51. The Balaban J connectivity index is 2.44. The van der Waals surface area contributed by atoms with E-state index in [1.807, 2.05) is 12.1 Å². The van der Waals surface area contributed by atoms with Crippen LogP contribution in [-0.4, -0.2) is 18.2 Å². The van der Waals surface area contributed by atoms with Crippen LogP contribution in [0.4, 0.5) is 0 Å². The third-order valence-corrected chi connectivity index (χ3v) is 5.25. The molecule has 0 aromatic heterocycles. The zero-order valence-corrected chi connectivity index (χ0v) is 12.9. The van der Waals surface area contributed by atoms with Gasteiger partial charge in [0.1, 0.15) is 5.75 Å². The second kappa shape index (κ2) is 5.12. The van der Waals surface area contributed by atoms with Gasteiger partial charge in [-0.3, -0.25) is 4.79 Å². The highest BCUT2D eigenvalue weighted by Crippen LogP contribution is 2.55. The summed E-state index contributed by atoms with van der Waals surface area (Å²) in [4.78, 5) is 11.5. The number of aliphatic carboxylic acids is 1. The third kappa shape index (κ3) is 2.30. The van der Waals surface area contributed by atoms with Crippen molar-refractivity contribution in [3.8, 4) is 5.75 Å². The lowest BCUT2D eigenvalue weighted by Crippen LogP contribution is -2.29. The molecule has 0 radical (unpaired) electrons. The van der Waals surface area contributed by atoms with E-state index >= 15 is 0 Å². The highest BCUT2D eigenvalue weighted by molar-refractivity contribution is 5.72. The van der Waals surface area contributed by atoms with Crippen LogP contribution in [0.3, 0.4) is 0 Å². The number of hydrogen-bond donors (Lipinski definition) is 1. The fourth-order valence-corrected chi connectivity index (χ4v) is 3.56. The molecule has 0 aliphatic heterocycles. The maximum atomic E-state index is 11.5. The van der Waals surface area contributed by atoms with Gasteiger partial charge < -0.3 is 9.84 Å². The van der Waals surface area contributed by atoms with Crippen LogP contribution in [0.15, 0.2) is 18.2 Å². The van der Waals surface area contributed by atoms with E-state index in [2.05, 4.69) is 33.8 Å². The van der Waals surface area contributed by atoms with Crippen LogP contribution in [0.2, 0.25) is 0 Å². The number of aryl methyl sites for hydroxylation is 1. The molecule has 1 aliphatic rings. The summed E-state index contributed by atoms with van der Waals surface area (Å²) in [6.45, 7) is 8.36. The molecule has 2 rings (SSSR count). The first-order valence-corrected chi connectivity index (χ1v) is 7.16. The number of carboxylic acid groups (broad SMARTS) is 1. The fraction of sp³-hybridized carbons (Fsp3) is 0.588. The molecule has 1 saturated carbocycles. The minimum Gasteiger partial charge on any atom is -0.496 e. The number of carbonyl (C=O) groups is 1. The molecule has 0 amide bonds. The summed E-state index contributed by atoms with van der Waals surface area (Å²) in [7, 11) is 1.67. The maximum absolute atomic E-state index is 11.5. The topological polar surface area (TPSA) is 46.5 Å². The molecule has 1 aromatic carbocycles. The van der Waals surface area contributed by atoms with E-state index < -0.39 is 5.97 Å². The van der Waals surface area contributed by atoms with Crippen molar-refractivity contribution in [2.24, 2.45) is 17.3 Å². The summed E-state index contributed by atoms with van der Waals surface area (Å²) >= 11 is 0. The number of rotatable bonds is 3. The Morgan fingerprint density at radius 1 is 1.40 bits per heavy atom. The molecule has 20 heavy (non-hydrogen) atoms. The quantitative estimate of drug-likeness (QED) is 0.912. The van der Waals surface area contributed by atoms with E-state index in [9.17, 15) is 9.90 Å². The maximum Gasteiger partial charge on any atom is 0.307 e. The molecule has 1 aromatic rings. The van der Waals surface area contributed by atoms with Crippen molar-refractivity contribution < 1.29 is 14.6 Å². The monoisotopic (exact) mass is 276 g/mol. The second-order valence-corrected chi connectivity index (χ2v) is 6.59. The number of carboxylic acids is 1. The molecule has 3 heteroatoms. The summed E-state index contributed by atoms with van der Waals surface area (Å²) < 4.78 is 5.48. The van der Waals surface area contributed by atoms with Gasteiger partial charge in [0.05, 0.1) is 13.0 Å². The predicted octanol–water partition coefficient (Wildman–Crippen LogP) is 3.85. The van der Waals surface area contributed by atoms with E-state index in [4.69, 9.17) is 4.74 Å². The van der Waals surface area contributed by atoms with Gasteiger partial charge in [0.25, 0.3) is 0 Å². The predicted molar refractivity (Wildman–Crippen MR) is 79.2 cm³/mol. The Morgan fingerprint density at radius 3 is 2.55 bits per heavy atom. The fourth-order valence-electron chi connectivity index (χ4n) is 3.56. The van der Waals surface area contributed by atoms with Crippen LogP contribution < -0.4 is 4.74 Å².